The van der Waals surface area contributed by atoms with Crippen LogP contribution in [0.15, 0.2) is 48.5 Å². The molecule has 1 amide bonds. The van der Waals surface area contributed by atoms with E-state index in [-0.39, 0.29) is 36.7 Å². The highest BCUT2D eigenvalue weighted by atomic mass is 35.5. The summed E-state index contributed by atoms with van der Waals surface area (Å²) in [6.07, 6.45) is 1.72. The lowest BCUT2D eigenvalue weighted by Gasteiger charge is -2.27. The first-order chi connectivity index (χ1) is 12.1. The van der Waals surface area contributed by atoms with Gasteiger partial charge in [0.15, 0.2) is 0 Å². The highest BCUT2D eigenvalue weighted by Crippen LogP contribution is 2.21. The summed E-state index contributed by atoms with van der Waals surface area (Å²) in [5.74, 6) is 0.473. The van der Waals surface area contributed by atoms with Gasteiger partial charge in [0.05, 0.1) is 0 Å². The largest absolute Gasteiger partial charge is 0.489 e. The van der Waals surface area contributed by atoms with Crippen LogP contribution in [0.5, 0.6) is 5.75 Å². The van der Waals surface area contributed by atoms with E-state index in [2.05, 4.69) is 17.6 Å². The van der Waals surface area contributed by atoms with Crippen molar-refractivity contribution in [1.82, 2.24) is 5.32 Å². The van der Waals surface area contributed by atoms with Gasteiger partial charge in [-0.2, -0.15) is 0 Å². The maximum atomic E-state index is 13.6. The van der Waals surface area contributed by atoms with Crippen molar-refractivity contribution in [3.05, 3.63) is 59.9 Å². The van der Waals surface area contributed by atoms with Crippen molar-refractivity contribution in [3.63, 3.8) is 0 Å². The average molecular weight is 379 g/mol. The minimum atomic E-state index is -0.275. The van der Waals surface area contributed by atoms with Crippen LogP contribution in [0.1, 0.15) is 25.3 Å². The SMILES string of the molecule is C[C@H]1C[C@@H](C(=O)Nc2ccc(OCc3ccccc3F)cc2)CCN1.Cl. The topological polar surface area (TPSA) is 50.4 Å². The summed E-state index contributed by atoms with van der Waals surface area (Å²) in [4.78, 5) is 12.3. The summed E-state index contributed by atoms with van der Waals surface area (Å²) >= 11 is 0. The molecule has 2 aromatic rings. The number of hydrogen-bond acceptors (Lipinski definition) is 3. The lowest BCUT2D eigenvalue weighted by atomic mass is 9.92. The Balaban J connectivity index is 0.00000243. The molecule has 3 rings (SSSR count). The Morgan fingerprint density at radius 3 is 2.65 bits per heavy atom. The van der Waals surface area contributed by atoms with Crippen LogP contribution in [-0.4, -0.2) is 18.5 Å². The third-order valence-electron chi connectivity index (χ3n) is 4.47. The predicted octanol–water partition coefficient (Wildman–Crippen LogP) is 4.15. The van der Waals surface area contributed by atoms with Crippen molar-refractivity contribution >= 4 is 24.0 Å². The summed E-state index contributed by atoms with van der Waals surface area (Å²) in [5.41, 5.74) is 1.26. The van der Waals surface area contributed by atoms with Crippen LogP contribution in [0, 0.1) is 11.7 Å². The summed E-state index contributed by atoms with van der Waals surface area (Å²) in [6.45, 7) is 3.15. The highest BCUT2D eigenvalue weighted by Gasteiger charge is 2.24. The van der Waals surface area contributed by atoms with Crippen LogP contribution in [0.4, 0.5) is 10.1 Å². The zero-order chi connectivity index (χ0) is 17.6. The number of halogens is 2. The quantitative estimate of drug-likeness (QED) is 0.821. The van der Waals surface area contributed by atoms with Crippen molar-refractivity contribution in [3.8, 4) is 5.75 Å². The molecule has 140 valence electrons. The van der Waals surface area contributed by atoms with Gasteiger partial charge in [0.25, 0.3) is 0 Å². The van der Waals surface area contributed by atoms with Crippen molar-refractivity contribution < 1.29 is 13.9 Å². The standard InChI is InChI=1S/C20H23FN2O2.ClH/c1-14-12-15(10-11-22-14)20(24)23-17-6-8-18(9-7-17)25-13-16-4-2-3-5-19(16)21;/h2-9,14-15,22H,10-13H2,1H3,(H,23,24);1H/t14-,15-;/m0./s1. The van der Waals surface area contributed by atoms with Crippen molar-refractivity contribution in [2.75, 3.05) is 11.9 Å². The lowest BCUT2D eigenvalue weighted by Crippen LogP contribution is -2.40. The Morgan fingerprint density at radius 2 is 1.96 bits per heavy atom. The van der Waals surface area contributed by atoms with E-state index in [1.54, 1.807) is 42.5 Å². The number of carbonyl (C=O) groups excluding carboxylic acids is 1. The monoisotopic (exact) mass is 378 g/mol. The van der Waals surface area contributed by atoms with Crippen LogP contribution >= 0.6 is 12.4 Å². The van der Waals surface area contributed by atoms with Gasteiger partial charge >= 0.3 is 0 Å². The molecule has 0 aliphatic carbocycles. The van der Waals surface area contributed by atoms with E-state index >= 15 is 0 Å². The van der Waals surface area contributed by atoms with Crippen LogP contribution < -0.4 is 15.4 Å². The van der Waals surface area contributed by atoms with E-state index in [1.165, 1.54) is 6.07 Å². The van der Waals surface area contributed by atoms with E-state index < -0.39 is 0 Å². The zero-order valence-electron chi connectivity index (χ0n) is 14.7. The Bertz CT molecular complexity index is 724. The predicted molar refractivity (Wildman–Crippen MR) is 103 cm³/mol. The number of anilines is 1. The second-order valence-electron chi connectivity index (χ2n) is 6.47. The first-order valence-corrected chi connectivity index (χ1v) is 8.62. The molecule has 0 aromatic heterocycles. The van der Waals surface area contributed by atoms with E-state index in [4.69, 9.17) is 4.74 Å². The molecule has 0 unspecified atom stereocenters. The first kappa shape index (κ1) is 20.2. The van der Waals surface area contributed by atoms with Gasteiger partial charge in [0.2, 0.25) is 5.91 Å². The molecule has 1 fully saturated rings. The molecule has 4 nitrogen and oxygen atoms in total. The lowest BCUT2D eigenvalue weighted by molar-refractivity contribution is -0.120. The molecule has 0 spiro atoms. The number of amides is 1. The molecule has 2 aromatic carbocycles. The Morgan fingerprint density at radius 1 is 1.23 bits per heavy atom. The van der Waals surface area contributed by atoms with Crippen molar-refractivity contribution in [2.24, 2.45) is 5.92 Å². The maximum absolute atomic E-state index is 13.6. The zero-order valence-corrected chi connectivity index (χ0v) is 15.5. The third-order valence-corrected chi connectivity index (χ3v) is 4.47. The van der Waals surface area contributed by atoms with Gasteiger partial charge in [-0.05, 0) is 56.6 Å². The summed E-state index contributed by atoms with van der Waals surface area (Å²) in [6, 6.07) is 14.1. The molecule has 2 atom stereocenters. The minimum Gasteiger partial charge on any atom is -0.489 e. The average Bonchev–Trinajstić information content (AvgIpc) is 2.62. The molecule has 0 bridgehead atoms. The fourth-order valence-corrected chi connectivity index (χ4v) is 3.03. The number of nitrogens with one attached hydrogen (secondary N) is 2. The molecular formula is C20H24ClFN2O2. The molecule has 2 N–H and O–H groups in total. The fraction of sp³-hybridized carbons (Fsp3) is 0.350. The maximum Gasteiger partial charge on any atom is 0.227 e. The molecule has 1 saturated heterocycles. The minimum absolute atomic E-state index is 0. The molecule has 26 heavy (non-hydrogen) atoms. The van der Waals surface area contributed by atoms with E-state index in [9.17, 15) is 9.18 Å². The van der Waals surface area contributed by atoms with Crippen LogP contribution in [0.3, 0.4) is 0 Å². The Labute approximate surface area is 159 Å². The molecule has 0 radical (unpaired) electrons. The molecule has 1 aliphatic heterocycles. The van der Waals surface area contributed by atoms with Gasteiger partial charge in [-0.1, -0.05) is 18.2 Å². The molecule has 1 aliphatic rings. The Hall–Kier alpha value is -2.11. The van der Waals surface area contributed by atoms with Crippen molar-refractivity contribution in [1.29, 1.82) is 0 Å². The van der Waals surface area contributed by atoms with Gasteiger partial charge < -0.3 is 15.4 Å². The van der Waals surface area contributed by atoms with Gasteiger partial charge in [0, 0.05) is 23.2 Å². The van der Waals surface area contributed by atoms with Gasteiger partial charge in [-0.15, -0.1) is 12.4 Å². The summed E-state index contributed by atoms with van der Waals surface area (Å²) in [7, 11) is 0. The van der Waals surface area contributed by atoms with Crippen molar-refractivity contribution in [2.45, 2.75) is 32.4 Å². The van der Waals surface area contributed by atoms with Crippen LogP contribution in [0.25, 0.3) is 0 Å². The first-order valence-electron chi connectivity index (χ1n) is 8.62. The second kappa shape index (κ2) is 9.55. The molecule has 0 saturated carbocycles. The number of ether oxygens (including phenoxy) is 1. The fourth-order valence-electron chi connectivity index (χ4n) is 3.03. The van der Waals surface area contributed by atoms with E-state index in [0.717, 1.165) is 25.1 Å². The number of piperidine rings is 1. The number of benzene rings is 2. The van der Waals surface area contributed by atoms with Gasteiger partial charge in [-0.25, -0.2) is 4.39 Å². The third kappa shape index (κ3) is 5.44. The smallest absolute Gasteiger partial charge is 0.227 e. The second-order valence-corrected chi connectivity index (χ2v) is 6.47. The number of hydrogen-bond donors (Lipinski definition) is 2. The van der Waals surface area contributed by atoms with Crippen LogP contribution in [0.2, 0.25) is 0 Å². The summed E-state index contributed by atoms with van der Waals surface area (Å²) < 4.78 is 19.2. The normalized spacial score (nSPS) is 19.3. The van der Waals surface area contributed by atoms with Gasteiger partial charge in [0.1, 0.15) is 18.2 Å². The molecule has 6 heteroatoms. The van der Waals surface area contributed by atoms with E-state index in [0.29, 0.717) is 17.4 Å². The number of carbonyl (C=O) groups is 1. The van der Waals surface area contributed by atoms with Crippen LogP contribution in [-0.2, 0) is 11.4 Å². The van der Waals surface area contributed by atoms with Gasteiger partial charge in [-0.3, -0.25) is 4.79 Å². The molecular weight excluding hydrogens is 355 g/mol. The highest BCUT2D eigenvalue weighted by molar-refractivity contribution is 5.92. The van der Waals surface area contributed by atoms with E-state index in [1.807, 2.05) is 0 Å². The molecule has 1 heterocycles. The number of rotatable bonds is 5. The Kier molecular flexibility index (Phi) is 7.42. The summed E-state index contributed by atoms with van der Waals surface area (Å²) in [5, 5.41) is 6.31.